The van der Waals surface area contributed by atoms with Crippen LogP contribution < -0.4 is 5.32 Å². The third-order valence-electron chi connectivity index (χ3n) is 4.27. The Morgan fingerprint density at radius 3 is 2.57 bits per heavy atom. The monoisotopic (exact) mass is 363 g/mol. The Kier molecular flexibility index (Phi) is 4.26. The summed E-state index contributed by atoms with van der Waals surface area (Å²) < 4.78 is 3.36. The molecule has 4 rings (SSSR count). The van der Waals surface area contributed by atoms with Gasteiger partial charge in [0, 0.05) is 5.92 Å². The van der Waals surface area contributed by atoms with Crippen LogP contribution in [0.15, 0.2) is 16.5 Å². The van der Waals surface area contributed by atoms with Crippen LogP contribution in [0, 0.1) is 5.92 Å². The van der Waals surface area contributed by atoms with Crippen molar-refractivity contribution in [2.75, 3.05) is 11.6 Å². The van der Waals surface area contributed by atoms with Gasteiger partial charge in [0.05, 0.1) is 20.4 Å². The first-order valence-corrected chi connectivity index (χ1v) is 10.7. The molecule has 4 nitrogen and oxygen atoms in total. The van der Waals surface area contributed by atoms with Crippen LogP contribution in [0.3, 0.4) is 0 Å². The van der Waals surface area contributed by atoms with E-state index in [0.717, 1.165) is 45.8 Å². The van der Waals surface area contributed by atoms with Gasteiger partial charge in [0.15, 0.2) is 9.47 Å². The number of hydrogen-bond acceptors (Lipinski definition) is 6. The minimum atomic E-state index is 0.133. The molecule has 1 N–H and O–H groups in total. The highest BCUT2D eigenvalue weighted by molar-refractivity contribution is 8.00. The number of hydrogen-bond donors (Lipinski definition) is 1. The molecule has 0 spiro atoms. The largest absolute Gasteiger partial charge is 0.302 e. The summed E-state index contributed by atoms with van der Waals surface area (Å²) in [7, 11) is 0. The Morgan fingerprint density at radius 2 is 1.83 bits per heavy atom. The van der Waals surface area contributed by atoms with Gasteiger partial charge in [-0.2, -0.15) is 0 Å². The Labute approximate surface area is 146 Å². The lowest BCUT2D eigenvalue weighted by atomic mass is 9.89. The molecule has 23 heavy (non-hydrogen) atoms. The summed E-state index contributed by atoms with van der Waals surface area (Å²) in [4.78, 5) is 21.6. The molecule has 1 fully saturated rings. The van der Waals surface area contributed by atoms with Crippen LogP contribution in [-0.4, -0.2) is 22.1 Å². The van der Waals surface area contributed by atoms with Crippen molar-refractivity contribution < 1.29 is 4.79 Å². The zero-order valence-electron chi connectivity index (χ0n) is 12.8. The smallest absolute Gasteiger partial charge is 0.229 e. The minimum absolute atomic E-state index is 0.133. The van der Waals surface area contributed by atoms with Gasteiger partial charge in [0.1, 0.15) is 0 Å². The van der Waals surface area contributed by atoms with Gasteiger partial charge in [-0.3, -0.25) is 4.79 Å². The van der Waals surface area contributed by atoms with Crippen molar-refractivity contribution >= 4 is 65.9 Å². The summed E-state index contributed by atoms with van der Waals surface area (Å²) in [6.07, 6.45) is 7.64. The highest BCUT2D eigenvalue weighted by Crippen LogP contribution is 2.38. The zero-order chi connectivity index (χ0) is 15.8. The van der Waals surface area contributed by atoms with E-state index in [4.69, 9.17) is 0 Å². The molecule has 1 aliphatic carbocycles. The molecule has 1 amide bonds. The summed E-state index contributed by atoms with van der Waals surface area (Å²) in [5, 5.41) is 3.74. The number of carbonyl (C=O) groups is 1. The van der Waals surface area contributed by atoms with Crippen LogP contribution in [-0.2, 0) is 4.79 Å². The molecule has 0 unspecified atom stereocenters. The van der Waals surface area contributed by atoms with Crippen LogP contribution >= 0.6 is 34.4 Å². The number of nitrogens with zero attached hydrogens (tertiary/aromatic N) is 2. The van der Waals surface area contributed by atoms with Crippen molar-refractivity contribution in [2.45, 2.75) is 36.4 Å². The molecule has 7 heteroatoms. The number of fused-ring (bicyclic) bond motifs is 3. The maximum absolute atomic E-state index is 12.4. The fourth-order valence-electron chi connectivity index (χ4n) is 3.07. The molecule has 3 aromatic rings. The van der Waals surface area contributed by atoms with Gasteiger partial charge in [0.25, 0.3) is 0 Å². The topological polar surface area (TPSA) is 54.9 Å². The summed E-state index contributed by atoms with van der Waals surface area (Å²) in [5.41, 5.74) is 1.96. The van der Waals surface area contributed by atoms with Crippen molar-refractivity contribution in [1.82, 2.24) is 9.97 Å². The maximum Gasteiger partial charge on any atom is 0.229 e. The quantitative estimate of drug-likeness (QED) is 0.654. The van der Waals surface area contributed by atoms with Crippen molar-refractivity contribution in [3.63, 3.8) is 0 Å². The third kappa shape index (κ3) is 2.97. The number of thioether (sulfide) groups is 1. The van der Waals surface area contributed by atoms with E-state index in [9.17, 15) is 4.79 Å². The average molecular weight is 364 g/mol. The second-order valence-corrected chi connectivity index (χ2v) is 8.84. The zero-order valence-corrected chi connectivity index (χ0v) is 15.2. The number of benzene rings is 1. The lowest BCUT2D eigenvalue weighted by Crippen LogP contribution is -2.24. The molecule has 2 heterocycles. The van der Waals surface area contributed by atoms with E-state index in [1.165, 1.54) is 11.1 Å². The molecular formula is C16H17N3OS3. The average Bonchev–Trinajstić information content (AvgIpc) is 3.18. The van der Waals surface area contributed by atoms with Crippen molar-refractivity contribution in [3.05, 3.63) is 12.1 Å². The van der Waals surface area contributed by atoms with Crippen molar-refractivity contribution in [2.24, 2.45) is 5.92 Å². The first-order valence-electron chi connectivity index (χ1n) is 7.79. The second-order valence-electron chi connectivity index (χ2n) is 5.79. The molecule has 1 aromatic carbocycles. The first-order chi connectivity index (χ1) is 11.2. The summed E-state index contributed by atoms with van der Waals surface area (Å²) in [6.45, 7) is 0. The van der Waals surface area contributed by atoms with Gasteiger partial charge in [-0.25, -0.2) is 9.97 Å². The molecule has 120 valence electrons. The standard InChI is InChI=1S/C16H17N3OS3/c1-21-16-18-11-8-7-10-12(13(11)23-16)22-15(17-10)19-14(20)9-5-3-2-4-6-9/h7-9H,2-6H2,1H3,(H,17,19,20). The molecule has 0 bridgehead atoms. The Bertz CT molecular complexity index is 864. The van der Waals surface area contributed by atoms with Gasteiger partial charge in [0.2, 0.25) is 5.91 Å². The predicted molar refractivity (Wildman–Crippen MR) is 99.8 cm³/mol. The SMILES string of the molecule is CSc1nc2ccc3nc(NC(=O)C4CCCCC4)sc3c2s1. The van der Waals surface area contributed by atoms with Crippen molar-refractivity contribution in [3.8, 4) is 0 Å². The molecule has 2 aromatic heterocycles. The van der Waals surface area contributed by atoms with Gasteiger partial charge in [-0.1, -0.05) is 42.4 Å². The number of thiazole rings is 2. The van der Waals surface area contributed by atoms with Gasteiger partial charge in [-0.15, -0.1) is 11.3 Å². The summed E-state index contributed by atoms with van der Waals surface area (Å²) in [6, 6.07) is 4.01. The lowest BCUT2D eigenvalue weighted by Gasteiger charge is -2.19. The number of rotatable bonds is 3. The van der Waals surface area contributed by atoms with Gasteiger partial charge >= 0.3 is 0 Å². The molecule has 0 saturated heterocycles. The van der Waals surface area contributed by atoms with Gasteiger partial charge < -0.3 is 5.32 Å². The highest BCUT2D eigenvalue weighted by atomic mass is 32.2. The van der Waals surface area contributed by atoms with E-state index >= 15 is 0 Å². The normalized spacial score (nSPS) is 16.2. The number of aromatic nitrogens is 2. The summed E-state index contributed by atoms with van der Waals surface area (Å²) in [5.74, 6) is 0.288. The highest BCUT2D eigenvalue weighted by Gasteiger charge is 2.22. The fourth-order valence-corrected chi connectivity index (χ4v) is 5.73. The van der Waals surface area contributed by atoms with E-state index in [-0.39, 0.29) is 11.8 Å². The van der Waals surface area contributed by atoms with Crippen LogP contribution in [0.4, 0.5) is 5.13 Å². The molecule has 1 aliphatic rings. The van der Waals surface area contributed by atoms with E-state index in [0.29, 0.717) is 5.13 Å². The lowest BCUT2D eigenvalue weighted by molar-refractivity contribution is -0.120. The van der Waals surface area contributed by atoms with Crippen LogP contribution in [0.1, 0.15) is 32.1 Å². The van der Waals surface area contributed by atoms with E-state index in [1.807, 2.05) is 18.4 Å². The van der Waals surface area contributed by atoms with Crippen molar-refractivity contribution in [1.29, 1.82) is 0 Å². The van der Waals surface area contributed by atoms with Crippen LogP contribution in [0.2, 0.25) is 0 Å². The first kappa shape index (κ1) is 15.4. The number of nitrogens with one attached hydrogen (secondary N) is 1. The Hall–Kier alpha value is -1.18. The van der Waals surface area contributed by atoms with Gasteiger partial charge in [-0.05, 0) is 31.2 Å². The molecule has 0 atom stereocenters. The molecule has 1 saturated carbocycles. The summed E-state index contributed by atoms with van der Waals surface area (Å²) >= 11 is 4.92. The molecule has 0 radical (unpaired) electrons. The van der Waals surface area contributed by atoms with E-state index < -0.39 is 0 Å². The third-order valence-corrected chi connectivity index (χ3v) is 7.48. The van der Waals surface area contributed by atoms with Crippen LogP contribution in [0.5, 0.6) is 0 Å². The fraction of sp³-hybridized carbons (Fsp3) is 0.438. The number of amides is 1. The maximum atomic E-state index is 12.4. The Morgan fingerprint density at radius 1 is 1.13 bits per heavy atom. The number of carbonyl (C=O) groups excluding carboxylic acids is 1. The molecule has 0 aliphatic heterocycles. The van der Waals surface area contributed by atoms with Crippen LogP contribution in [0.25, 0.3) is 20.4 Å². The Balaban J connectivity index is 1.64. The molecular weight excluding hydrogens is 346 g/mol. The predicted octanol–water partition coefficient (Wildman–Crippen LogP) is 5.15. The minimum Gasteiger partial charge on any atom is -0.302 e. The number of anilines is 1. The van der Waals surface area contributed by atoms with E-state index in [1.54, 1.807) is 34.4 Å². The van der Waals surface area contributed by atoms with E-state index in [2.05, 4.69) is 15.3 Å². The second kappa shape index (κ2) is 6.37.